The number of piperidine rings is 1. The van der Waals surface area contributed by atoms with Gasteiger partial charge in [0.25, 0.3) is 0 Å². The first kappa shape index (κ1) is 32.1. The molecule has 6 rings (SSSR count). The summed E-state index contributed by atoms with van der Waals surface area (Å²) in [6, 6.07) is 19.7. The molecule has 0 bridgehead atoms. The molecule has 0 aliphatic carbocycles. The maximum atomic E-state index is 13.6. The molecule has 8 nitrogen and oxygen atoms in total. The van der Waals surface area contributed by atoms with E-state index in [1.54, 1.807) is 17.0 Å². The number of halogens is 3. The Bertz CT molecular complexity index is 1560. The molecular formula is C33H34BrCl2N3O5. The van der Waals surface area contributed by atoms with E-state index in [0.717, 1.165) is 15.1 Å². The highest BCUT2D eigenvalue weighted by Gasteiger charge is 2.56. The molecule has 2 fully saturated rings. The quantitative estimate of drug-likeness (QED) is 0.292. The van der Waals surface area contributed by atoms with Gasteiger partial charge in [0, 0.05) is 45.2 Å². The summed E-state index contributed by atoms with van der Waals surface area (Å²) in [5, 5.41) is 7.37. The number of hydrogen-bond donors (Lipinski definition) is 2. The number of amides is 3. The maximum Gasteiger partial charge on any atom is 0.410 e. The summed E-state index contributed by atoms with van der Waals surface area (Å²) in [5.41, 5.74) is 0.557. The van der Waals surface area contributed by atoms with Gasteiger partial charge in [-0.05, 0) is 75.2 Å². The molecule has 232 valence electrons. The minimum atomic E-state index is -1.01. The summed E-state index contributed by atoms with van der Waals surface area (Å²) in [6.07, 6.45) is 0.589. The average molecular weight is 703 g/mol. The van der Waals surface area contributed by atoms with Crippen LogP contribution in [0.15, 0.2) is 71.2 Å². The van der Waals surface area contributed by atoms with Gasteiger partial charge in [0.05, 0.1) is 12.6 Å². The topological polar surface area (TPSA) is 97.0 Å². The normalized spacial score (nSPS) is 22.5. The molecular weight excluding hydrogens is 669 g/mol. The number of benzene rings is 3. The number of rotatable bonds is 3. The Labute approximate surface area is 275 Å². The smallest absolute Gasteiger partial charge is 0.410 e. The summed E-state index contributed by atoms with van der Waals surface area (Å²) >= 11 is 15.3. The Hall–Kier alpha value is -3.27. The SMILES string of the molecule is CC(C)(C)OC(=O)N1CCC(Oc2ccc(Br)cc2[C@H]2NC(=O)CC[C@]23C(=O)Nc2cc(Cl)ccc23)C1.Clc1ccccc1. The fraction of sp³-hybridized carbons (Fsp3) is 0.364. The van der Waals surface area contributed by atoms with Crippen molar-refractivity contribution in [3.8, 4) is 5.75 Å². The van der Waals surface area contributed by atoms with E-state index >= 15 is 0 Å². The standard InChI is InChI=1S/C27H29BrClN3O5.C6H5Cl/c1-26(2,3)37-25(35)32-11-9-17(14-32)36-21-7-4-15(28)12-18(21)23-27(10-8-22(33)31-23)19-6-5-16(29)13-20(19)30-24(27)34;7-6-4-2-1-3-5-6/h4-7,12-13,17,23H,8-11,14H2,1-3H3,(H,30,34)(H,31,33);1-5H/t17?,23-,27-;/m1./s1. The highest BCUT2D eigenvalue weighted by atomic mass is 79.9. The second kappa shape index (κ2) is 13.0. The van der Waals surface area contributed by atoms with Crippen molar-refractivity contribution in [1.29, 1.82) is 0 Å². The van der Waals surface area contributed by atoms with Crippen LogP contribution >= 0.6 is 39.1 Å². The van der Waals surface area contributed by atoms with Crippen LogP contribution in [-0.2, 0) is 19.7 Å². The van der Waals surface area contributed by atoms with Gasteiger partial charge in [0.2, 0.25) is 11.8 Å². The molecule has 0 aromatic heterocycles. The zero-order valence-corrected chi connectivity index (χ0v) is 27.8. The van der Waals surface area contributed by atoms with Gasteiger partial charge in [-0.3, -0.25) is 9.59 Å². The molecule has 3 aromatic carbocycles. The summed E-state index contributed by atoms with van der Waals surface area (Å²) in [5.74, 6) is 0.243. The largest absolute Gasteiger partial charge is 0.488 e. The van der Waals surface area contributed by atoms with Crippen LogP contribution in [0.4, 0.5) is 10.5 Å². The molecule has 3 aromatic rings. The van der Waals surface area contributed by atoms with Gasteiger partial charge in [-0.2, -0.15) is 0 Å². The molecule has 1 spiro atoms. The second-order valence-electron chi connectivity index (χ2n) is 12.0. The number of hydrogen-bond acceptors (Lipinski definition) is 5. The predicted molar refractivity (Wildman–Crippen MR) is 174 cm³/mol. The van der Waals surface area contributed by atoms with Crippen molar-refractivity contribution in [2.24, 2.45) is 0 Å². The highest BCUT2D eigenvalue weighted by Crippen LogP contribution is 2.53. The molecule has 3 aliphatic rings. The van der Waals surface area contributed by atoms with E-state index in [-0.39, 0.29) is 30.4 Å². The monoisotopic (exact) mass is 701 g/mol. The summed E-state index contributed by atoms with van der Waals surface area (Å²) in [7, 11) is 0. The van der Waals surface area contributed by atoms with Crippen LogP contribution < -0.4 is 15.4 Å². The third-order valence-corrected chi connectivity index (χ3v) is 8.75. The Kier molecular flexibility index (Phi) is 9.49. The lowest BCUT2D eigenvalue weighted by Gasteiger charge is -2.41. The number of fused-ring (bicyclic) bond motifs is 2. The van der Waals surface area contributed by atoms with Gasteiger partial charge in [-0.15, -0.1) is 0 Å². The van der Waals surface area contributed by atoms with Gasteiger partial charge in [-0.25, -0.2) is 4.79 Å². The van der Waals surface area contributed by atoms with Gasteiger partial charge in [-0.1, -0.05) is 63.4 Å². The summed E-state index contributed by atoms with van der Waals surface area (Å²) in [4.78, 5) is 40.4. The van der Waals surface area contributed by atoms with Crippen LogP contribution in [0.3, 0.4) is 0 Å². The van der Waals surface area contributed by atoms with Crippen molar-refractivity contribution in [2.45, 2.75) is 63.2 Å². The van der Waals surface area contributed by atoms with Crippen molar-refractivity contribution in [3.05, 3.63) is 92.4 Å². The van der Waals surface area contributed by atoms with Crippen LogP contribution in [0, 0.1) is 0 Å². The molecule has 2 N–H and O–H groups in total. The first-order valence-corrected chi connectivity index (χ1v) is 16.0. The van der Waals surface area contributed by atoms with Gasteiger partial charge in [0.15, 0.2) is 0 Å². The average Bonchev–Trinajstić information content (AvgIpc) is 3.53. The lowest BCUT2D eigenvalue weighted by molar-refractivity contribution is -0.130. The molecule has 3 amide bonds. The molecule has 2 saturated heterocycles. The Morgan fingerprint density at radius 2 is 1.77 bits per heavy atom. The Balaban J connectivity index is 0.000000484. The number of carbonyl (C=O) groups excluding carboxylic acids is 3. The van der Waals surface area contributed by atoms with Crippen LogP contribution in [0.25, 0.3) is 0 Å². The van der Waals surface area contributed by atoms with Gasteiger partial charge < -0.3 is 25.0 Å². The lowest BCUT2D eigenvalue weighted by atomic mass is 9.67. The second-order valence-corrected chi connectivity index (χ2v) is 13.8. The van der Waals surface area contributed by atoms with Crippen molar-refractivity contribution in [3.63, 3.8) is 0 Å². The van der Waals surface area contributed by atoms with Crippen molar-refractivity contribution < 1.29 is 23.9 Å². The van der Waals surface area contributed by atoms with Crippen LogP contribution in [0.5, 0.6) is 5.75 Å². The number of anilines is 1. The summed E-state index contributed by atoms with van der Waals surface area (Å²) in [6.45, 7) is 6.41. The van der Waals surface area contributed by atoms with E-state index in [1.165, 1.54) is 0 Å². The van der Waals surface area contributed by atoms with E-state index in [0.29, 0.717) is 48.0 Å². The molecule has 44 heavy (non-hydrogen) atoms. The van der Waals surface area contributed by atoms with Crippen molar-refractivity contribution >= 4 is 62.7 Å². The Morgan fingerprint density at radius 3 is 2.45 bits per heavy atom. The third-order valence-electron chi connectivity index (χ3n) is 7.77. The number of likely N-dealkylation sites (tertiary alicyclic amines) is 1. The van der Waals surface area contributed by atoms with Crippen LogP contribution in [0.2, 0.25) is 10.0 Å². The van der Waals surface area contributed by atoms with E-state index in [4.69, 9.17) is 32.7 Å². The molecule has 1 unspecified atom stereocenters. The zero-order valence-electron chi connectivity index (χ0n) is 24.7. The molecule has 11 heteroatoms. The molecule has 3 aliphatic heterocycles. The number of carbonyl (C=O) groups is 3. The van der Waals surface area contributed by atoms with E-state index in [1.807, 2.05) is 75.4 Å². The third kappa shape index (κ3) is 7.00. The Morgan fingerprint density at radius 1 is 1.02 bits per heavy atom. The molecule has 0 radical (unpaired) electrons. The fourth-order valence-corrected chi connectivity index (χ4v) is 6.51. The highest BCUT2D eigenvalue weighted by molar-refractivity contribution is 9.10. The minimum absolute atomic E-state index is 0.131. The van der Waals surface area contributed by atoms with Gasteiger partial charge >= 0.3 is 6.09 Å². The predicted octanol–water partition coefficient (Wildman–Crippen LogP) is 7.67. The number of nitrogens with one attached hydrogen (secondary N) is 2. The zero-order chi connectivity index (χ0) is 31.6. The van der Waals surface area contributed by atoms with Crippen molar-refractivity contribution in [1.82, 2.24) is 10.2 Å². The van der Waals surface area contributed by atoms with E-state index < -0.39 is 17.1 Å². The molecule has 3 atom stereocenters. The van der Waals surface area contributed by atoms with Crippen LogP contribution in [0.1, 0.15) is 57.2 Å². The number of ether oxygens (including phenoxy) is 2. The first-order chi connectivity index (χ1) is 20.9. The van der Waals surface area contributed by atoms with Crippen LogP contribution in [-0.4, -0.2) is 47.6 Å². The van der Waals surface area contributed by atoms with E-state index in [2.05, 4.69) is 26.6 Å². The van der Waals surface area contributed by atoms with E-state index in [9.17, 15) is 14.4 Å². The number of nitrogens with zero attached hydrogens (tertiary/aromatic N) is 1. The molecule has 0 saturated carbocycles. The first-order valence-electron chi connectivity index (χ1n) is 14.4. The minimum Gasteiger partial charge on any atom is -0.488 e. The maximum absolute atomic E-state index is 13.6. The fourth-order valence-electron chi connectivity index (χ4n) is 5.82. The van der Waals surface area contributed by atoms with Gasteiger partial charge in [0.1, 0.15) is 22.9 Å². The van der Waals surface area contributed by atoms with Crippen molar-refractivity contribution in [2.75, 3.05) is 18.4 Å². The lowest BCUT2D eigenvalue weighted by Crippen LogP contribution is -2.52. The molecule has 3 heterocycles. The summed E-state index contributed by atoms with van der Waals surface area (Å²) < 4.78 is 12.7.